The first-order valence-electron chi connectivity index (χ1n) is 3.90. The Bertz CT molecular complexity index is 303. The van der Waals surface area contributed by atoms with E-state index in [4.69, 9.17) is 11.5 Å². The van der Waals surface area contributed by atoms with Crippen LogP contribution in [0.15, 0.2) is 24.8 Å². The zero-order valence-electron chi connectivity index (χ0n) is 7.30. The summed E-state index contributed by atoms with van der Waals surface area (Å²) in [6.45, 7) is 6.27. The SMILES string of the molecule is C=C(CN)c1cccc(C)c1N. The fourth-order valence-electron chi connectivity index (χ4n) is 1.10. The van der Waals surface area contributed by atoms with Gasteiger partial charge in [0.25, 0.3) is 0 Å². The molecular formula is C10H14N2. The molecule has 0 aromatic heterocycles. The molecule has 0 atom stereocenters. The molecular weight excluding hydrogens is 148 g/mol. The highest BCUT2D eigenvalue weighted by Crippen LogP contribution is 2.22. The third kappa shape index (κ3) is 1.48. The minimum atomic E-state index is 0.452. The van der Waals surface area contributed by atoms with Gasteiger partial charge in [-0.15, -0.1) is 0 Å². The lowest BCUT2D eigenvalue weighted by Gasteiger charge is -2.08. The van der Waals surface area contributed by atoms with E-state index in [1.807, 2.05) is 25.1 Å². The molecule has 0 saturated heterocycles. The summed E-state index contributed by atoms with van der Waals surface area (Å²) in [7, 11) is 0. The summed E-state index contributed by atoms with van der Waals surface area (Å²) in [5, 5.41) is 0. The van der Waals surface area contributed by atoms with Gasteiger partial charge in [0.1, 0.15) is 0 Å². The van der Waals surface area contributed by atoms with Gasteiger partial charge in [-0.3, -0.25) is 0 Å². The van der Waals surface area contributed by atoms with Crippen LogP contribution in [0, 0.1) is 6.92 Å². The fourth-order valence-corrected chi connectivity index (χ4v) is 1.10. The van der Waals surface area contributed by atoms with E-state index in [1.165, 1.54) is 0 Å². The number of hydrogen-bond donors (Lipinski definition) is 2. The second-order valence-electron chi connectivity index (χ2n) is 2.84. The topological polar surface area (TPSA) is 52.0 Å². The molecule has 1 rings (SSSR count). The Kier molecular flexibility index (Phi) is 2.51. The zero-order valence-corrected chi connectivity index (χ0v) is 7.30. The number of para-hydroxylation sites is 1. The van der Waals surface area contributed by atoms with Gasteiger partial charge in [0, 0.05) is 17.8 Å². The van der Waals surface area contributed by atoms with E-state index in [9.17, 15) is 0 Å². The van der Waals surface area contributed by atoms with Gasteiger partial charge < -0.3 is 11.5 Å². The second-order valence-corrected chi connectivity index (χ2v) is 2.84. The number of anilines is 1. The lowest BCUT2D eigenvalue weighted by atomic mass is 10.0. The summed E-state index contributed by atoms with van der Waals surface area (Å²) < 4.78 is 0. The van der Waals surface area contributed by atoms with Crippen LogP contribution in [0.2, 0.25) is 0 Å². The van der Waals surface area contributed by atoms with Crippen molar-refractivity contribution >= 4 is 11.3 Å². The van der Waals surface area contributed by atoms with Crippen LogP contribution in [0.5, 0.6) is 0 Å². The van der Waals surface area contributed by atoms with Crippen molar-refractivity contribution in [3.63, 3.8) is 0 Å². The van der Waals surface area contributed by atoms with Crippen molar-refractivity contribution < 1.29 is 0 Å². The number of benzene rings is 1. The molecule has 0 heterocycles. The van der Waals surface area contributed by atoms with Gasteiger partial charge in [0.05, 0.1) is 0 Å². The Morgan fingerprint density at radius 2 is 2.17 bits per heavy atom. The molecule has 2 nitrogen and oxygen atoms in total. The number of nitrogens with two attached hydrogens (primary N) is 2. The first kappa shape index (κ1) is 8.81. The third-order valence-corrected chi connectivity index (χ3v) is 1.95. The lowest BCUT2D eigenvalue weighted by molar-refractivity contribution is 1.27. The predicted octanol–water partition coefficient (Wildman–Crippen LogP) is 1.55. The summed E-state index contributed by atoms with van der Waals surface area (Å²) >= 11 is 0. The Balaban J connectivity index is 3.16. The molecule has 0 spiro atoms. The van der Waals surface area contributed by atoms with Gasteiger partial charge in [0.2, 0.25) is 0 Å². The standard InChI is InChI=1S/C10H14N2/c1-7-4-3-5-9(10(7)12)8(2)6-11/h3-5H,2,6,11-12H2,1H3. The predicted molar refractivity (Wildman–Crippen MR) is 53.7 cm³/mol. The summed E-state index contributed by atoms with van der Waals surface area (Å²) in [5.74, 6) is 0. The van der Waals surface area contributed by atoms with Crippen molar-refractivity contribution in [2.24, 2.45) is 5.73 Å². The van der Waals surface area contributed by atoms with Crippen molar-refractivity contribution in [1.82, 2.24) is 0 Å². The van der Waals surface area contributed by atoms with E-state index >= 15 is 0 Å². The van der Waals surface area contributed by atoms with E-state index in [0.717, 1.165) is 22.4 Å². The highest BCUT2D eigenvalue weighted by molar-refractivity contribution is 5.76. The third-order valence-electron chi connectivity index (χ3n) is 1.95. The van der Waals surface area contributed by atoms with E-state index < -0.39 is 0 Å². The Morgan fingerprint density at radius 1 is 1.50 bits per heavy atom. The molecule has 4 N–H and O–H groups in total. The fraction of sp³-hybridized carbons (Fsp3) is 0.200. The maximum atomic E-state index is 5.84. The smallest absolute Gasteiger partial charge is 0.0420 e. The van der Waals surface area contributed by atoms with Crippen LogP contribution in [0.1, 0.15) is 11.1 Å². The number of hydrogen-bond acceptors (Lipinski definition) is 2. The normalized spacial score (nSPS) is 9.83. The Morgan fingerprint density at radius 3 is 2.75 bits per heavy atom. The van der Waals surface area contributed by atoms with Crippen LogP contribution in [0.3, 0.4) is 0 Å². The van der Waals surface area contributed by atoms with E-state index in [0.29, 0.717) is 6.54 Å². The molecule has 0 unspecified atom stereocenters. The molecule has 0 amide bonds. The number of aryl methyl sites for hydroxylation is 1. The first-order chi connectivity index (χ1) is 5.66. The van der Waals surface area contributed by atoms with Gasteiger partial charge in [-0.2, -0.15) is 0 Å². The lowest BCUT2D eigenvalue weighted by Crippen LogP contribution is -2.04. The Labute approximate surface area is 72.9 Å². The van der Waals surface area contributed by atoms with Crippen LogP contribution in [0.4, 0.5) is 5.69 Å². The monoisotopic (exact) mass is 162 g/mol. The van der Waals surface area contributed by atoms with Gasteiger partial charge in [-0.25, -0.2) is 0 Å². The van der Waals surface area contributed by atoms with Gasteiger partial charge >= 0.3 is 0 Å². The molecule has 12 heavy (non-hydrogen) atoms. The van der Waals surface area contributed by atoms with Crippen molar-refractivity contribution in [3.8, 4) is 0 Å². The average molecular weight is 162 g/mol. The summed E-state index contributed by atoms with van der Waals surface area (Å²) in [4.78, 5) is 0. The Hall–Kier alpha value is -1.28. The quantitative estimate of drug-likeness (QED) is 0.648. The number of nitrogen functional groups attached to an aromatic ring is 1. The van der Waals surface area contributed by atoms with Crippen LogP contribution in [0.25, 0.3) is 5.57 Å². The molecule has 64 valence electrons. The van der Waals surface area contributed by atoms with Crippen LogP contribution in [-0.4, -0.2) is 6.54 Å². The van der Waals surface area contributed by atoms with Crippen LogP contribution < -0.4 is 11.5 Å². The second kappa shape index (κ2) is 3.41. The highest BCUT2D eigenvalue weighted by atomic mass is 14.6. The molecule has 0 aliphatic carbocycles. The molecule has 0 aliphatic heterocycles. The zero-order chi connectivity index (χ0) is 9.14. The molecule has 0 aliphatic rings. The van der Waals surface area contributed by atoms with Crippen molar-refractivity contribution in [1.29, 1.82) is 0 Å². The summed E-state index contributed by atoms with van der Waals surface area (Å²) in [6.07, 6.45) is 0. The van der Waals surface area contributed by atoms with Gasteiger partial charge in [-0.05, 0) is 18.1 Å². The molecule has 0 radical (unpaired) electrons. The first-order valence-corrected chi connectivity index (χ1v) is 3.90. The van der Waals surface area contributed by atoms with Crippen molar-refractivity contribution in [3.05, 3.63) is 35.9 Å². The summed E-state index contributed by atoms with van der Waals surface area (Å²) in [5.41, 5.74) is 15.0. The molecule has 2 heteroatoms. The van der Waals surface area contributed by atoms with E-state index in [1.54, 1.807) is 0 Å². The van der Waals surface area contributed by atoms with E-state index in [2.05, 4.69) is 6.58 Å². The molecule has 0 fully saturated rings. The molecule has 0 bridgehead atoms. The molecule has 1 aromatic carbocycles. The van der Waals surface area contributed by atoms with Crippen molar-refractivity contribution in [2.75, 3.05) is 12.3 Å². The number of rotatable bonds is 2. The highest BCUT2D eigenvalue weighted by Gasteiger charge is 2.02. The summed E-state index contributed by atoms with van der Waals surface area (Å²) in [6, 6.07) is 5.88. The maximum absolute atomic E-state index is 5.84. The largest absolute Gasteiger partial charge is 0.398 e. The van der Waals surface area contributed by atoms with Crippen molar-refractivity contribution in [2.45, 2.75) is 6.92 Å². The van der Waals surface area contributed by atoms with E-state index in [-0.39, 0.29) is 0 Å². The van der Waals surface area contributed by atoms with Gasteiger partial charge in [0.15, 0.2) is 0 Å². The molecule has 1 aromatic rings. The maximum Gasteiger partial charge on any atom is 0.0420 e. The minimum absolute atomic E-state index is 0.452. The van der Waals surface area contributed by atoms with Crippen LogP contribution >= 0.6 is 0 Å². The van der Waals surface area contributed by atoms with Gasteiger partial charge in [-0.1, -0.05) is 24.8 Å². The minimum Gasteiger partial charge on any atom is -0.398 e. The van der Waals surface area contributed by atoms with Crippen LogP contribution in [-0.2, 0) is 0 Å². The molecule has 0 saturated carbocycles. The average Bonchev–Trinajstić information content (AvgIpc) is 2.08.